The van der Waals surface area contributed by atoms with Gasteiger partial charge in [-0.1, -0.05) is 6.92 Å². The minimum atomic E-state index is -1.20. The summed E-state index contributed by atoms with van der Waals surface area (Å²) in [5.41, 5.74) is 4.79. The quantitative estimate of drug-likeness (QED) is 0.733. The Morgan fingerprint density at radius 1 is 1.30 bits per heavy atom. The normalized spacial score (nSPS) is 13.0. The van der Waals surface area contributed by atoms with Crippen molar-refractivity contribution in [2.75, 3.05) is 6.61 Å². The van der Waals surface area contributed by atoms with Crippen LogP contribution in [-0.4, -0.2) is 30.4 Å². The molecule has 0 spiro atoms. The highest BCUT2D eigenvalue weighted by Gasteiger charge is 2.28. The molecule has 0 saturated carbocycles. The first-order chi connectivity index (χ1) is 10.8. The Morgan fingerprint density at radius 3 is 2.48 bits per heavy atom. The van der Waals surface area contributed by atoms with Gasteiger partial charge in [-0.15, -0.1) is 0 Å². The van der Waals surface area contributed by atoms with E-state index in [0.717, 1.165) is 12.1 Å². The summed E-state index contributed by atoms with van der Waals surface area (Å²) in [7, 11) is 0. The van der Waals surface area contributed by atoms with Crippen LogP contribution in [0.3, 0.4) is 0 Å². The Morgan fingerprint density at radius 2 is 1.96 bits per heavy atom. The van der Waals surface area contributed by atoms with Gasteiger partial charge < -0.3 is 15.8 Å². The van der Waals surface area contributed by atoms with E-state index in [1.807, 2.05) is 0 Å². The van der Waals surface area contributed by atoms with Crippen molar-refractivity contribution in [2.45, 2.75) is 26.3 Å². The van der Waals surface area contributed by atoms with E-state index in [1.165, 1.54) is 6.92 Å². The standard InChI is InChI=1S/C15H18F2N2O4/c1-3-23-12(20)6-8(2)13(14(18)21)19-15(22)10-5-4-9(16)7-11(10)17/h4-5,7-8,13H,3,6H2,1-2H3,(H2,18,21)(H,19,22)/t8-,13+/m0/s1. The number of hydrogen-bond acceptors (Lipinski definition) is 4. The summed E-state index contributed by atoms with van der Waals surface area (Å²) in [5.74, 6) is -4.91. The monoisotopic (exact) mass is 328 g/mol. The van der Waals surface area contributed by atoms with Crippen molar-refractivity contribution in [3.8, 4) is 0 Å². The minimum Gasteiger partial charge on any atom is -0.466 e. The molecule has 2 amide bonds. The third kappa shape index (κ3) is 5.32. The summed E-state index contributed by atoms with van der Waals surface area (Å²) in [4.78, 5) is 34.9. The van der Waals surface area contributed by atoms with Crippen LogP contribution in [0.1, 0.15) is 30.6 Å². The van der Waals surface area contributed by atoms with Crippen LogP contribution >= 0.6 is 0 Å². The maximum Gasteiger partial charge on any atom is 0.306 e. The number of nitrogens with one attached hydrogen (secondary N) is 1. The van der Waals surface area contributed by atoms with Gasteiger partial charge in [0.1, 0.15) is 17.7 Å². The summed E-state index contributed by atoms with van der Waals surface area (Å²) in [6, 6.07) is 1.22. The number of nitrogens with two attached hydrogens (primary N) is 1. The smallest absolute Gasteiger partial charge is 0.306 e. The van der Waals surface area contributed by atoms with E-state index in [9.17, 15) is 23.2 Å². The van der Waals surface area contributed by atoms with Crippen LogP contribution < -0.4 is 11.1 Å². The summed E-state index contributed by atoms with van der Waals surface area (Å²) in [6.45, 7) is 3.33. The average Bonchev–Trinajstić information content (AvgIpc) is 2.44. The first-order valence-electron chi connectivity index (χ1n) is 6.97. The van der Waals surface area contributed by atoms with E-state index in [2.05, 4.69) is 5.32 Å². The van der Waals surface area contributed by atoms with Crippen molar-refractivity contribution < 1.29 is 27.9 Å². The molecule has 23 heavy (non-hydrogen) atoms. The molecule has 0 aliphatic carbocycles. The van der Waals surface area contributed by atoms with Gasteiger partial charge in [0, 0.05) is 6.07 Å². The lowest BCUT2D eigenvalue weighted by atomic mass is 9.97. The maximum atomic E-state index is 13.6. The van der Waals surface area contributed by atoms with Crippen LogP contribution in [0.2, 0.25) is 0 Å². The van der Waals surface area contributed by atoms with Crippen LogP contribution in [0.5, 0.6) is 0 Å². The van der Waals surface area contributed by atoms with Gasteiger partial charge in [-0.3, -0.25) is 14.4 Å². The number of rotatable bonds is 7. The molecule has 126 valence electrons. The van der Waals surface area contributed by atoms with Gasteiger partial charge in [-0.2, -0.15) is 0 Å². The zero-order valence-corrected chi connectivity index (χ0v) is 12.8. The van der Waals surface area contributed by atoms with Crippen molar-refractivity contribution in [1.29, 1.82) is 0 Å². The third-order valence-corrected chi connectivity index (χ3v) is 3.13. The van der Waals surface area contributed by atoms with Crippen molar-refractivity contribution in [2.24, 2.45) is 11.7 Å². The number of hydrogen-bond donors (Lipinski definition) is 2. The molecule has 1 aromatic rings. The maximum absolute atomic E-state index is 13.6. The van der Waals surface area contributed by atoms with E-state index in [4.69, 9.17) is 10.5 Å². The van der Waals surface area contributed by atoms with Gasteiger partial charge in [-0.25, -0.2) is 8.78 Å². The van der Waals surface area contributed by atoms with Crippen LogP contribution in [0.15, 0.2) is 18.2 Å². The van der Waals surface area contributed by atoms with Crippen molar-refractivity contribution in [3.05, 3.63) is 35.4 Å². The van der Waals surface area contributed by atoms with Crippen LogP contribution in [-0.2, 0) is 14.3 Å². The van der Waals surface area contributed by atoms with E-state index in [1.54, 1.807) is 6.92 Å². The highest BCUT2D eigenvalue weighted by Crippen LogP contribution is 2.13. The molecular weight excluding hydrogens is 310 g/mol. The summed E-state index contributed by atoms with van der Waals surface area (Å²) < 4.78 is 31.2. The molecule has 0 fully saturated rings. The van der Waals surface area contributed by atoms with Gasteiger partial charge in [0.15, 0.2) is 0 Å². The zero-order chi connectivity index (χ0) is 17.6. The second kappa shape index (κ2) is 8.21. The molecule has 0 bridgehead atoms. The Bertz CT molecular complexity index is 607. The van der Waals surface area contributed by atoms with Crippen LogP contribution in [0.25, 0.3) is 0 Å². The molecule has 0 saturated heterocycles. The molecular formula is C15H18F2N2O4. The number of primary amides is 1. The first-order valence-corrected chi connectivity index (χ1v) is 6.97. The van der Waals surface area contributed by atoms with E-state index < -0.39 is 46.9 Å². The molecule has 0 aromatic heterocycles. The number of esters is 1. The molecule has 0 aliphatic rings. The lowest BCUT2D eigenvalue weighted by Crippen LogP contribution is -2.49. The van der Waals surface area contributed by atoms with Crippen LogP contribution in [0.4, 0.5) is 8.78 Å². The molecule has 1 rings (SSSR count). The third-order valence-electron chi connectivity index (χ3n) is 3.13. The minimum absolute atomic E-state index is 0.145. The summed E-state index contributed by atoms with van der Waals surface area (Å²) in [6.07, 6.45) is -0.145. The number of benzene rings is 1. The average molecular weight is 328 g/mol. The second-order valence-corrected chi connectivity index (χ2v) is 4.96. The molecule has 0 aliphatic heterocycles. The van der Waals surface area contributed by atoms with Gasteiger partial charge in [0.25, 0.3) is 5.91 Å². The topological polar surface area (TPSA) is 98.5 Å². The fourth-order valence-electron chi connectivity index (χ4n) is 1.99. The largest absolute Gasteiger partial charge is 0.466 e. The lowest BCUT2D eigenvalue weighted by Gasteiger charge is -2.21. The summed E-state index contributed by atoms with van der Waals surface area (Å²) in [5, 5.41) is 2.26. The molecule has 8 heteroatoms. The van der Waals surface area contributed by atoms with Gasteiger partial charge in [-0.05, 0) is 25.0 Å². The van der Waals surface area contributed by atoms with Crippen molar-refractivity contribution in [3.63, 3.8) is 0 Å². The number of carbonyl (C=O) groups excluding carboxylic acids is 3. The lowest BCUT2D eigenvalue weighted by molar-refractivity contribution is -0.144. The first kappa shape index (κ1) is 18.5. The number of halogens is 2. The molecule has 3 N–H and O–H groups in total. The number of amides is 2. The molecule has 0 radical (unpaired) electrons. The Labute approximate surface area is 132 Å². The van der Waals surface area contributed by atoms with Crippen molar-refractivity contribution in [1.82, 2.24) is 5.32 Å². The van der Waals surface area contributed by atoms with Crippen molar-refractivity contribution >= 4 is 17.8 Å². The van der Waals surface area contributed by atoms with E-state index in [0.29, 0.717) is 6.07 Å². The number of carbonyl (C=O) groups is 3. The molecule has 0 unspecified atom stereocenters. The predicted octanol–water partition coefficient (Wildman–Crippen LogP) is 1.14. The predicted molar refractivity (Wildman–Crippen MR) is 77.2 cm³/mol. The molecule has 1 aromatic carbocycles. The second-order valence-electron chi connectivity index (χ2n) is 4.96. The zero-order valence-electron chi connectivity index (χ0n) is 12.8. The van der Waals surface area contributed by atoms with Gasteiger partial charge >= 0.3 is 5.97 Å². The number of ether oxygens (including phenoxy) is 1. The van der Waals surface area contributed by atoms with Crippen LogP contribution in [0, 0.1) is 17.6 Å². The van der Waals surface area contributed by atoms with Gasteiger partial charge in [0.2, 0.25) is 5.91 Å². The van der Waals surface area contributed by atoms with E-state index in [-0.39, 0.29) is 13.0 Å². The summed E-state index contributed by atoms with van der Waals surface area (Å²) >= 11 is 0. The molecule has 0 heterocycles. The SMILES string of the molecule is CCOC(=O)C[C@H](C)[C@@H](NC(=O)c1ccc(F)cc1F)C(N)=O. The van der Waals surface area contributed by atoms with Gasteiger partial charge in [0.05, 0.1) is 18.6 Å². The molecule has 6 nitrogen and oxygen atoms in total. The Balaban J connectivity index is 2.84. The highest BCUT2D eigenvalue weighted by molar-refractivity contribution is 5.97. The fraction of sp³-hybridized carbons (Fsp3) is 0.400. The Hall–Kier alpha value is -2.51. The fourth-order valence-corrected chi connectivity index (χ4v) is 1.99. The highest BCUT2D eigenvalue weighted by atomic mass is 19.1. The Kier molecular flexibility index (Phi) is 6.62. The van der Waals surface area contributed by atoms with E-state index >= 15 is 0 Å². The molecule has 2 atom stereocenters.